The summed E-state index contributed by atoms with van der Waals surface area (Å²) >= 11 is 6.58. The molecule has 7 rings (SSSR count). The van der Waals surface area contributed by atoms with Crippen LogP contribution in [0.1, 0.15) is 68.1 Å². The molecular formula is C29H35ClN2O3. The van der Waals surface area contributed by atoms with Gasteiger partial charge in [0.25, 0.3) is 0 Å². The van der Waals surface area contributed by atoms with Crippen LogP contribution in [0.5, 0.6) is 5.75 Å². The highest BCUT2D eigenvalue weighted by Gasteiger charge is 2.46. The number of fused-ring (bicyclic) bond motifs is 9. The van der Waals surface area contributed by atoms with E-state index >= 15 is 0 Å². The number of aromatic hydroxyl groups is 1. The van der Waals surface area contributed by atoms with Crippen LogP contribution in [-0.4, -0.2) is 46.6 Å². The maximum absolute atomic E-state index is 12.9. The number of rotatable bonds is 2. The van der Waals surface area contributed by atoms with Crippen molar-refractivity contribution in [3.63, 3.8) is 0 Å². The monoisotopic (exact) mass is 494 g/mol. The van der Waals surface area contributed by atoms with Gasteiger partial charge in [-0.1, -0.05) is 29.7 Å². The summed E-state index contributed by atoms with van der Waals surface area (Å²) in [6, 6.07) is 2.96. The Bertz CT molecular complexity index is 1270. The van der Waals surface area contributed by atoms with Gasteiger partial charge in [0.05, 0.1) is 10.6 Å². The van der Waals surface area contributed by atoms with Crippen molar-refractivity contribution in [2.75, 3.05) is 19.6 Å². The number of piperidine rings is 3. The van der Waals surface area contributed by atoms with Crippen LogP contribution in [0, 0.1) is 11.8 Å². The topological polar surface area (TPSA) is 56.9 Å². The lowest BCUT2D eigenvalue weighted by Crippen LogP contribution is -2.59. The van der Waals surface area contributed by atoms with Crippen molar-refractivity contribution in [2.24, 2.45) is 11.8 Å². The SMILES string of the molecule is O=c1oc2c(CN3CCCC4=C[C@H]5C[C@H](CN6CCCC[C@@H]56)[C@H]43)c(O)c(Cl)cc2c2c1CCCC2. The molecule has 2 aliphatic carbocycles. The Kier molecular flexibility index (Phi) is 5.52. The van der Waals surface area contributed by atoms with Gasteiger partial charge in [-0.05, 0) is 94.3 Å². The smallest absolute Gasteiger partial charge is 0.339 e. The number of hydrogen-bond acceptors (Lipinski definition) is 5. The number of halogens is 1. The van der Waals surface area contributed by atoms with Crippen molar-refractivity contribution in [1.82, 2.24) is 9.80 Å². The maximum Gasteiger partial charge on any atom is 0.339 e. The zero-order valence-electron chi connectivity index (χ0n) is 20.4. The van der Waals surface area contributed by atoms with E-state index in [1.165, 1.54) is 45.2 Å². The molecule has 6 heteroatoms. The van der Waals surface area contributed by atoms with Crippen LogP contribution in [0.15, 0.2) is 26.9 Å². The van der Waals surface area contributed by atoms with Gasteiger partial charge >= 0.3 is 5.63 Å². The fourth-order valence-electron chi connectivity index (χ4n) is 8.21. The summed E-state index contributed by atoms with van der Waals surface area (Å²) in [5, 5.41) is 12.4. The summed E-state index contributed by atoms with van der Waals surface area (Å²) < 4.78 is 5.93. The zero-order chi connectivity index (χ0) is 23.7. The lowest BCUT2D eigenvalue weighted by molar-refractivity contribution is -0.00274. The van der Waals surface area contributed by atoms with Crippen molar-refractivity contribution >= 4 is 22.6 Å². The highest BCUT2D eigenvalue weighted by atomic mass is 35.5. The molecule has 35 heavy (non-hydrogen) atoms. The summed E-state index contributed by atoms with van der Waals surface area (Å²) in [6.07, 6.45) is 14.0. The van der Waals surface area contributed by atoms with E-state index < -0.39 is 0 Å². The van der Waals surface area contributed by atoms with E-state index in [2.05, 4.69) is 15.9 Å². The molecule has 1 aromatic carbocycles. The molecule has 2 bridgehead atoms. The van der Waals surface area contributed by atoms with E-state index in [9.17, 15) is 9.90 Å². The quantitative estimate of drug-likeness (QED) is 0.446. The summed E-state index contributed by atoms with van der Waals surface area (Å²) in [7, 11) is 0. The molecule has 3 saturated heterocycles. The van der Waals surface area contributed by atoms with E-state index in [0.717, 1.165) is 61.2 Å². The van der Waals surface area contributed by atoms with Gasteiger partial charge in [-0.3, -0.25) is 9.80 Å². The molecule has 0 amide bonds. The van der Waals surface area contributed by atoms with Crippen LogP contribution in [0.25, 0.3) is 11.0 Å². The summed E-state index contributed by atoms with van der Waals surface area (Å²) in [5.74, 6) is 1.40. The van der Waals surface area contributed by atoms with Gasteiger partial charge < -0.3 is 9.52 Å². The van der Waals surface area contributed by atoms with Crippen molar-refractivity contribution in [3.05, 3.63) is 49.8 Å². The highest BCUT2D eigenvalue weighted by Crippen LogP contribution is 2.46. The minimum absolute atomic E-state index is 0.0719. The van der Waals surface area contributed by atoms with E-state index in [4.69, 9.17) is 16.0 Å². The number of likely N-dealkylation sites (tertiary alicyclic amines) is 1. The standard InChI is InChI=1S/C29H35ClN2O3/c30-24-14-22-20-7-1-2-8-21(20)29(34)35-28(22)23(27(24)33)16-32-11-5-6-17-12-18-13-19(26(17)32)15-31-10-4-3-9-25(18)31/h12,14,18-19,25-26,33H,1-11,13,15-16H2/t18-,19+,25-,26-/m0/s1. The van der Waals surface area contributed by atoms with Crippen molar-refractivity contribution in [1.29, 1.82) is 0 Å². The third kappa shape index (κ3) is 3.60. The molecular weight excluding hydrogens is 460 g/mol. The van der Waals surface area contributed by atoms with Crippen molar-refractivity contribution in [3.8, 4) is 5.75 Å². The third-order valence-corrected chi connectivity index (χ3v) is 9.95. The van der Waals surface area contributed by atoms with Crippen LogP contribution >= 0.6 is 11.6 Å². The van der Waals surface area contributed by atoms with Gasteiger partial charge in [-0.25, -0.2) is 4.79 Å². The van der Waals surface area contributed by atoms with Gasteiger partial charge in [0.15, 0.2) is 0 Å². The Morgan fingerprint density at radius 2 is 1.91 bits per heavy atom. The largest absolute Gasteiger partial charge is 0.506 e. The second-order valence-electron chi connectivity index (χ2n) is 11.6. The van der Waals surface area contributed by atoms with Crippen LogP contribution in [0.3, 0.4) is 0 Å². The van der Waals surface area contributed by atoms with Crippen LogP contribution in [0.4, 0.5) is 0 Å². The first-order valence-corrected chi connectivity index (χ1v) is 14.1. The molecule has 186 valence electrons. The predicted molar refractivity (Wildman–Crippen MR) is 138 cm³/mol. The van der Waals surface area contributed by atoms with Crippen LogP contribution in [-0.2, 0) is 19.4 Å². The zero-order valence-corrected chi connectivity index (χ0v) is 21.2. The normalized spacial score (nSPS) is 30.9. The van der Waals surface area contributed by atoms with E-state index in [1.54, 1.807) is 5.57 Å². The fourth-order valence-corrected chi connectivity index (χ4v) is 8.43. The number of phenolic OH excluding ortho intramolecular Hbond substituents is 1. The number of benzene rings is 1. The Morgan fingerprint density at radius 1 is 1.06 bits per heavy atom. The molecule has 3 aliphatic heterocycles. The lowest BCUT2D eigenvalue weighted by Gasteiger charge is -2.54. The molecule has 1 aromatic heterocycles. The Morgan fingerprint density at radius 3 is 2.80 bits per heavy atom. The number of hydrogen-bond donors (Lipinski definition) is 1. The molecule has 4 heterocycles. The van der Waals surface area contributed by atoms with Crippen LogP contribution < -0.4 is 5.63 Å². The van der Waals surface area contributed by atoms with E-state index in [-0.39, 0.29) is 11.4 Å². The predicted octanol–water partition coefficient (Wildman–Crippen LogP) is 5.43. The van der Waals surface area contributed by atoms with Gasteiger partial charge in [0, 0.05) is 36.1 Å². The first kappa shape index (κ1) is 22.4. The highest BCUT2D eigenvalue weighted by molar-refractivity contribution is 6.33. The first-order valence-electron chi connectivity index (χ1n) is 13.8. The molecule has 3 fully saturated rings. The lowest BCUT2D eigenvalue weighted by atomic mass is 9.68. The summed E-state index contributed by atoms with van der Waals surface area (Å²) in [4.78, 5) is 18.2. The Hall–Kier alpha value is -1.82. The minimum Gasteiger partial charge on any atom is -0.506 e. The average molecular weight is 495 g/mol. The number of aryl methyl sites for hydroxylation is 1. The molecule has 4 atom stereocenters. The third-order valence-electron chi connectivity index (χ3n) is 9.66. The van der Waals surface area contributed by atoms with Gasteiger partial charge in [0.1, 0.15) is 11.3 Å². The molecule has 0 spiro atoms. The van der Waals surface area contributed by atoms with Gasteiger partial charge in [-0.15, -0.1) is 0 Å². The summed E-state index contributed by atoms with van der Waals surface area (Å²) in [6.45, 7) is 3.99. The Balaban J connectivity index is 1.29. The number of phenols is 1. The van der Waals surface area contributed by atoms with Gasteiger partial charge in [-0.2, -0.15) is 0 Å². The van der Waals surface area contributed by atoms with Gasteiger partial charge in [0.2, 0.25) is 0 Å². The van der Waals surface area contributed by atoms with E-state index in [0.29, 0.717) is 40.6 Å². The van der Waals surface area contributed by atoms with Crippen molar-refractivity contribution in [2.45, 2.75) is 82.8 Å². The maximum atomic E-state index is 12.9. The molecule has 0 unspecified atom stereocenters. The molecule has 0 radical (unpaired) electrons. The molecule has 1 N–H and O–H groups in total. The second-order valence-corrected chi connectivity index (χ2v) is 12.0. The van der Waals surface area contributed by atoms with Crippen molar-refractivity contribution < 1.29 is 9.52 Å². The average Bonchev–Trinajstić information content (AvgIpc) is 2.88. The van der Waals surface area contributed by atoms with Crippen LogP contribution in [0.2, 0.25) is 5.02 Å². The molecule has 5 nitrogen and oxygen atoms in total. The minimum atomic E-state index is -0.238. The fraction of sp³-hybridized carbons (Fsp3) is 0.621. The molecule has 2 aromatic rings. The summed E-state index contributed by atoms with van der Waals surface area (Å²) in [5.41, 5.74) is 4.48. The molecule has 0 saturated carbocycles. The molecule has 5 aliphatic rings. The Labute approximate surface area is 211 Å². The second kappa shape index (κ2) is 8.64. The first-order chi connectivity index (χ1) is 17.1. The number of nitrogens with zero attached hydrogens (tertiary/aromatic N) is 2. The van der Waals surface area contributed by atoms with E-state index in [1.807, 2.05) is 6.07 Å².